The van der Waals surface area contributed by atoms with Crippen LogP contribution < -0.4 is 16.6 Å². The van der Waals surface area contributed by atoms with Gasteiger partial charge in [0, 0.05) is 12.5 Å². The molecule has 94 valence electrons. The van der Waals surface area contributed by atoms with E-state index in [-0.39, 0.29) is 12.4 Å². The number of Topliss-reactive ketones (excluding diaryl/α,β-unsaturated/α-hetero) is 1. The third-order valence-electron chi connectivity index (χ3n) is 3.10. The van der Waals surface area contributed by atoms with Gasteiger partial charge in [-0.3, -0.25) is 4.79 Å². The van der Waals surface area contributed by atoms with Crippen LogP contribution in [-0.2, 0) is 4.79 Å². The molecule has 0 bridgehead atoms. The highest BCUT2D eigenvalue weighted by Crippen LogP contribution is 2.28. The van der Waals surface area contributed by atoms with Crippen LogP contribution in [0.5, 0.6) is 0 Å². The molecule has 0 heterocycles. The topological polar surface area (TPSA) is 67.2 Å². The molecule has 0 aromatic heterocycles. The molecule has 0 spiro atoms. The molecule has 4 nitrogen and oxygen atoms in total. The zero-order valence-electron chi connectivity index (χ0n) is 9.49. The molecule has 6 heteroatoms. The van der Waals surface area contributed by atoms with Gasteiger partial charge in [0.05, 0.1) is 0 Å². The number of rotatable bonds is 3. The Bertz CT molecular complexity index is 242. The van der Waals surface area contributed by atoms with E-state index in [9.17, 15) is 4.79 Å². The standard InChI is InChI=1S/C10H19N3OS.ClH/c1-7(14)9-4-2-8(3-5-9)6-12-10(15)13-11;/h8-9H,2-6,11H2,1H3,(H2,12,13,15);1H. The number of nitrogens with one attached hydrogen (secondary N) is 2. The monoisotopic (exact) mass is 265 g/mol. The van der Waals surface area contributed by atoms with E-state index in [1.54, 1.807) is 6.92 Å². The number of carbonyl (C=O) groups is 1. The maximum atomic E-state index is 11.2. The summed E-state index contributed by atoms with van der Waals surface area (Å²) in [5, 5.41) is 3.55. The number of carbonyl (C=O) groups excluding carboxylic acids is 1. The number of hydrogen-bond donors (Lipinski definition) is 3. The Labute approximate surface area is 108 Å². The van der Waals surface area contributed by atoms with Crippen molar-refractivity contribution in [3.63, 3.8) is 0 Å². The van der Waals surface area contributed by atoms with Crippen molar-refractivity contribution in [2.45, 2.75) is 32.6 Å². The lowest BCUT2D eigenvalue weighted by atomic mass is 9.80. The molecule has 1 aliphatic carbocycles. The Morgan fingerprint density at radius 3 is 2.38 bits per heavy atom. The SMILES string of the molecule is CC(=O)C1CCC(CNC(=S)NN)CC1.Cl. The maximum absolute atomic E-state index is 11.2. The predicted octanol–water partition coefficient (Wildman–Crippen LogP) is 1.14. The van der Waals surface area contributed by atoms with Gasteiger partial charge in [-0.1, -0.05) is 0 Å². The Morgan fingerprint density at radius 1 is 1.38 bits per heavy atom. The molecular formula is C10H20ClN3OS. The van der Waals surface area contributed by atoms with Crippen LogP contribution in [0.25, 0.3) is 0 Å². The van der Waals surface area contributed by atoms with Crippen molar-refractivity contribution < 1.29 is 4.79 Å². The average Bonchev–Trinajstić information content (AvgIpc) is 2.26. The third-order valence-corrected chi connectivity index (χ3v) is 3.37. The van der Waals surface area contributed by atoms with Crippen LogP contribution in [0, 0.1) is 11.8 Å². The summed E-state index contributed by atoms with van der Waals surface area (Å²) in [6.07, 6.45) is 4.24. The number of halogens is 1. The minimum atomic E-state index is 0. The normalized spacial score (nSPS) is 24.1. The Hall–Kier alpha value is -0.390. The van der Waals surface area contributed by atoms with E-state index in [1.807, 2.05) is 0 Å². The maximum Gasteiger partial charge on any atom is 0.180 e. The van der Waals surface area contributed by atoms with Crippen molar-refractivity contribution in [3.05, 3.63) is 0 Å². The fourth-order valence-corrected chi connectivity index (χ4v) is 2.14. The highest BCUT2D eigenvalue weighted by Gasteiger charge is 2.23. The van der Waals surface area contributed by atoms with Crippen molar-refractivity contribution in [2.24, 2.45) is 17.7 Å². The van der Waals surface area contributed by atoms with E-state index >= 15 is 0 Å². The van der Waals surface area contributed by atoms with E-state index in [0.717, 1.165) is 32.2 Å². The first-order chi connectivity index (χ1) is 7.13. The van der Waals surface area contributed by atoms with E-state index in [2.05, 4.69) is 10.7 Å². The fourth-order valence-electron chi connectivity index (χ4n) is 2.06. The lowest BCUT2D eigenvalue weighted by Crippen LogP contribution is -2.42. The Morgan fingerprint density at radius 2 is 1.94 bits per heavy atom. The van der Waals surface area contributed by atoms with E-state index in [4.69, 9.17) is 18.1 Å². The molecule has 0 aromatic carbocycles. The van der Waals surface area contributed by atoms with E-state index in [1.165, 1.54) is 0 Å². The first-order valence-corrected chi connectivity index (χ1v) is 5.79. The molecule has 0 aliphatic heterocycles. The molecule has 1 aliphatic rings. The zero-order valence-corrected chi connectivity index (χ0v) is 11.1. The van der Waals surface area contributed by atoms with Crippen molar-refractivity contribution in [2.75, 3.05) is 6.54 Å². The average molecular weight is 266 g/mol. The Balaban J connectivity index is 0.00000225. The highest BCUT2D eigenvalue weighted by atomic mass is 35.5. The molecule has 1 saturated carbocycles. The summed E-state index contributed by atoms with van der Waals surface area (Å²) in [5.74, 6) is 6.39. The van der Waals surface area contributed by atoms with Gasteiger partial charge >= 0.3 is 0 Å². The minimum absolute atomic E-state index is 0. The van der Waals surface area contributed by atoms with E-state index in [0.29, 0.717) is 22.7 Å². The molecule has 0 atom stereocenters. The van der Waals surface area contributed by atoms with Crippen molar-refractivity contribution >= 4 is 35.5 Å². The second kappa shape index (κ2) is 7.81. The Kier molecular flexibility index (Phi) is 7.62. The highest BCUT2D eigenvalue weighted by molar-refractivity contribution is 7.80. The molecule has 0 amide bonds. The molecular weight excluding hydrogens is 246 g/mol. The van der Waals surface area contributed by atoms with Gasteiger partial charge in [-0.15, -0.1) is 12.4 Å². The number of nitrogens with two attached hydrogens (primary N) is 1. The summed E-state index contributed by atoms with van der Waals surface area (Å²) in [6.45, 7) is 2.55. The van der Waals surface area contributed by atoms with Gasteiger partial charge in [-0.05, 0) is 50.7 Å². The van der Waals surface area contributed by atoms with Gasteiger partial charge in [-0.2, -0.15) is 0 Å². The molecule has 0 aromatic rings. The largest absolute Gasteiger partial charge is 0.361 e. The second-order valence-corrected chi connectivity index (χ2v) is 4.59. The van der Waals surface area contributed by atoms with Crippen molar-refractivity contribution in [1.29, 1.82) is 0 Å². The van der Waals surface area contributed by atoms with Crippen molar-refractivity contribution in [1.82, 2.24) is 10.7 Å². The van der Waals surface area contributed by atoms with Crippen LogP contribution in [0.15, 0.2) is 0 Å². The predicted molar refractivity (Wildman–Crippen MR) is 71.3 cm³/mol. The van der Waals surface area contributed by atoms with Crippen LogP contribution in [-0.4, -0.2) is 17.4 Å². The van der Waals surface area contributed by atoms with Gasteiger partial charge in [0.1, 0.15) is 5.78 Å². The quantitative estimate of drug-likeness (QED) is 0.406. The van der Waals surface area contributed by atoms with Gasteiger partial charge in [0.2, 0.25) is 0 Å². The van der Waals surface area contributed by atoms with Crippen LogP contribution >= 0.6 is 24.6 Å². The number of hydrogen-bond acceptors (Lipinski definition) is 3. The summed E-state index contributed by atoms with van der Waals surface area (Å²) in [6, 6.07) is 0. The number of ketones is 1. The van der Waals surface area contributed by atoms with E-state index < -0.39 is 0 Å². The summed E-state index contributed by atoms with van der Waals surface area (Å²) in [5.41, 5.74) is 2.40. The van der Waals surface area contributed by atoms with Gasteiger partial charge in [-0.25, -0.2) is 5.84 Å². The molecule has 0 radical (unpaired) electrons. The molecule has 1 rings (SSSR count). The number of thiocarbonyl (C=S) groups is 1. The minimum Gasteiger partial charge on any atom is -0.361 e. The zero-order chi connectivity index (χ0) is 11.3. The fraction of sp³-hybridized carbons (Fsp3) is 0.800. The number of hydrazine groups is 1. The summed E-state index contributed by atoms with van der Waals surface area (Å²) >= 11 is 4.89. The van der Waals surface area contributed by atoms with Crippen molar-refractivity contribution in [3.8, 4) is 0 Å². The molecule has 0 unspecified atom stereocenters. The van der Waals surface area contributed by atoms with Crippen LogP contribution in [0.3, 0.4) is 0 Å². The third kappa shape index (κ3) is 5.09. The molecule has 16 heavy (non-hydrogen) atoms. The molecule has 4 N–H and O–H groups in total. The van der Waals surface area contributed by atoms with Gasteiger partial charge in [0.15, 0.2) is 5.11 Å². The van der Waals surface area contributed by atoms with Crippen LogP contribution in [0.1, 0.15) is 32.6 Å². The first kappa shape index (κ1) is 15.6. The molecule has 0 saturated heterocycles. The van der Waals surface area contributed by atoms with Gasteiger partial charge < -0.3 is 10.7 Å². The summed E-state index contributed by atoms with van der Waals surface area (Å²) < 4.78 is 0. The summed E-state index contributed by atoms with van der Waals surface area (Å²) in [4.78, 5) is 11.2. The molecule has 1 fully saturated rings. The second-order valence-electron chi connectivity index (χ2n) is 4.18. The van der Waals surface area contributed by atoms with Crippen LogP contribution in [0.4, 0.5) is 0 Å². The smallest absolute Gasteiger partial charge is 0.180 e. The van der Waals surface area contributed by atoms with Gasteiger partial charge in [0.25, 0.3) is 0 Å². The lowest BCUT2D eigenvalue weighted by Gasteiger charge is -2.27. The summed E-state index contributed by atoms with van der Waals surface area (Å²) in [7, 11) is 0. The lowest BCUT2D eigenvalue weighted by molar-refractivity contribution is -0.121. The first-order valence-electron chi connectivity index (χ1n) is 5.38. The van der Waals surface area contributed by atoms with Crippen LogP contribution in [0.2, 0.25) is 0 Å².